The van der Waals surface area contributed by atoms with E-state index in [1.807, 2.05) is 0 Å². The molecular formula is C18H33N2O5. The van der Waals surface area contributed by atoms with Crippen LogP contribution < -0.4 is 5.32 Å². The standard InChI is InChI=1S/C18H33N2O5/c1-22-12-13-25-11-6-19-16-14-17(2-7-23-8-3-17)20(21)18(15-16)4-9-24-10-5-18/h16,19H,2-15H2,1H3. The number of methoxy groups -OCH3 is 1. The largest absolute Gasteiger partial charge is 0.382 e. The summed E-state index contributed by atoms with van der Waals surface area (Å²) in [5.41, 5.74) is -0.551. The molecule has 0 amide bonds. The van der Waals surface area contributed by atoms with Gasteiger partial charge in [0.15, 0.2) is 0 Å². The lowest BCUT2D eigenvalue weighted by Crippen LogP contribution is -2.68. The van der Waals surface area contributed by atoms with Crippen molar-refractivity contribution >= 4 is 0 Å². The van der Waals surface area contributed by atoms with Crippen LogP contribution in [-0.4, -0.2) is 82.1 Å². The highest BCUT2D eigenvalue weighted by Crippen LogP contribution is 2.47. The second-order valence-corrected chi connectivity index (χ2v) is 7.63. The number of hydrogen-bond donors (Lipinski definition) is 1. The molecule has 1 N–H and O–H groups in total. The number of hydrogen-bond acceptors (Lipinski definition) is 6. The Morgan fingerprint density at radius 3 is 2.04 bits per heavy atom. The van der Waals surface area contributed by atoms with Crippen molar-refractivity contribution in [1.82, 2.24) is 10.4 Å². The van der Waals surface area contributed by atoms with E-state index in [1.54, 1.807) is 7.11 Å². The van der Waals surface area contributed by atoms with Gasteiger partial charge < -0.3 is 24.3 Å². The minimum absolute atomic E-state index is 0.275. The number of piperidine rings is 1. The van der Waals surface area contributed by atoms with Crippen molar-refractivity contribution in [2.75, 3.05) is 59.9 Å². The molecule has 0 saturated carbocycles. The molecule has 0 aromatic rings. The topological polar surface area (TPSA) is 72.1 Å². The third-order valence-corrected chi connectivity index (χ3v) is 6.07. The van der Waals surface area contributed by atoms with E-state index in [0.29, 0.717) is 52.3 Å². The van der Waals surface area contributed by atoms with Gasteiger partial charge in [0.25, 0.3) is 0 Å². The Hall–Kier alpha value is -0.280. The first kappa shape index (κ1) is 19.5. The maximum Gasteiger partial charge on any atom is 0.0700 e. The van der Waals surface area contributed by atoms with E-state index in [2.05, 4.69) is 5.32 Å². The fraction of sp³-hybridized carbons (Fsp3) is 1.00. The fourth-order valence-corrected chi connectivity index (χ4v) is 4.70. The average Bonchev–Trinajstić information content (AvgIpc) is 2.64. The second-order valence-electron chi connectivity index (χ2n) is 7.63. The van der Waals surface area contributed by atoms with E-state index in [9.17, 15) is 5.21 Å². The van der Waals surface area contributed by atoms with Gasteiger partial charge in [-0.25, -0.2) is 0 Å². The molecule has 0 unspecified atom stereocenters. The Bertz CT molecular complexity index is 369. The van der Waals surface area contributed by atoms with E-state index in [1.165, 1.54) is 5.06 Å². The number of rotatable bonds is 7. The van der Waals surface area contributed by atoms with Crippen molar-refractivity contribution in [3.63, 3.8) is 0 Å². The van der Waals surface area contributed by atoms with Crippen LogP contribution in [0.1, 0.15) is 38.5 Å². The molecule has 3 aliphatic rings. The van der Waals surface area contributed by atoms with Crippen LogP contribution in [0, 0.1) is 0 Å². The zero-order chi connectivity index (χ0) is 17.6. The molecular weight excluding hydrogens is 324 g/mol. The summed E-state index contributed by atoms with van der Waals surface area (Å²) in [5.74, 6) is 0. The average molecular weight is 357 g/mol. The maximum absolute atomic E-state index is 13.4. The molecule has 3 heterocycles. The van der Waals surface area contributed by atoms with Gasteiger partial charge >= 0.3 is 0 Å². The molecule has 145 valence electrons. The highest BCUT2D eigenvalue weighted by atomic mass is 16.5. The van der Waals surface area contributed by atoms with E-state index in [0.717, 1.165) is 45.1 Å². The normalized spacial score (nSPS) is 29.3. The predicted molar refractivity (Wildman–Crippen MR) is 91.8 cm³/mol. The molecule has 0 aromatic heterocycles. The third kappa shape index (κ3) is 4.53. The number of ether oxygens (including phenoxy) is 4. The molecule has 0 aliphatic carbocycles. The molecule has 3 aliphatic heterocycles. The van der Waals surface area contributed by atoms with Gasteiger partial charge in [0.2, 0.25) is 0 Å². The number of hydroxylamine groups is 2. The minimum Gasteiger partial charge on any atom is -0.382 e. The van der Waals surface area contributed by atoms with E-state index >= 15 is 0 Å². The van der Waals surface area contributed by atoms with Gasteiger partial charge in [-0.2, -0.15) is 0 Å². The fourth-order valence-electron chi connectivity index (χ4n) is 4.70. The van der Waals surface area contributed by atoms with E-state index < -0.39 is 0 Å². The van der Waals surface area contributed by atoms with Gasteiger partial charge in [0.1, 0.15) is 0 Å². The van der Waals surface area contributed by atoms with Crippen molar-refractivity contribution in [2.45, 2.75) is 55.6 Å². The summed E-state index contributed by atoms with van der Waals surface area (Å²) in [4.78, 5) is 0. The van der Waals surface area contributed by atoms with E-state index in [4.69, 9.17) is 18.9 Å². The molecule has 0 atom stereocenters. The Labute approximate surface area is 150 Å². The van der Waals surface area contributed by atoms with Crippen LogP contribution in [0.5, 0.6) is 0 Å². The highest BCUT2D eigenvalue weighted by Gasteiger charge is 2.55. The van der Waals surface area contributed by atoms with Gasteiger partial charge in [-0.15, -0.1) is 10.3 Å². The van der Waals surface area contributed by atoms with Gasteiger partial charge in [0, 0.05) is 46.1 Å². The summed E-state index contributed by atoms with van der Waals surface area (Å²) >= 11 is 0. The molecule has 3 saturated heterocycles. The van der Waals surface area contributed by atoms with E-state index in [-0.39, 0.29) is 11.1 Å². The predicted octanol–water partition coefficient (Wildman–Crippen LogP) is 1.15. The molecule has 2 spiro atoms. The van der Waals surface area contributed by atoms with Crippen LogP contribution in [0.25, 0.3) is 0 Å². The summed E-state index contributed by atoms with van der Waals surface area (Å²) in [6, 6.07) is 0.354. The zero-order valence-electron chi connectivity index (χ0n) is 15.5. The Morgan fingerprint density at radius 1 is 0.960 bits per heavy atom. The molecule has 25 heavy (non-hydrogen) atoms. The van der Waals surface area contributed by atoms with Crippen molar-refractivity contribution < 1.29 is 24.2 Å². The Morgan fingerprint density at radius 2 is 1.52 bits per heavy atom. The first-order chi connectivity index (χ1) is 12.2. The van der Waals surface area contributed by atoms with Crippen LogP contribution in [-0.2, 0) is 24.2 Å². The quantitative estimate of drug-likeness (QED) is 0.689. The number of nitrogens with one attached hydrogen (secondary N) is 1. The SMILES string of the molecule is COCCOCCNC1CC2(CCOCC2)N([O])C2(CCOCC2)C1. The Kier molecular flexibility index (Phi) is 7.08. The zero-order valence-corrected chi connectivity index (χ0v) is 15.5. The lowest BCUT2D eigenvalue weighted by Gasteiger charge is -2.57. The van der Waals surface area contributed by atoms with Crippen molar-refractivity contribution in [3.8, 4) is 0 Å². The van der Waals surface area contributed by atoms with Gasteiger partial charge in [-0.3, -0.25) is 0 Å². The monoisotopic (exact) mass is 357 g/mol. The smallest absolute Gasteiger partial charge is 0.0700 e. The molecule has 7 heteroatoms. The van der Waals surface area contributed by atoms with Crippen LogP contribution in [0.3, 0.4) is 0 Å². The molecule has 1 radical (unpaired) electrons. The molecule has 7 nitrogen and oxygen atoms in total. The van der Waals surface area contributed by atoms with Crippen molar-refractivity contribution in [1.29, 1.82) is 0 Å². The summed E-state index contributed by atoms with van der Waals surface area (Å²) in [5, 5.41) is 18.5. The third-order valence-electron chi connectivity index (χ3n) is 6.07. The Balaban J connectivity index is 1.60. The van der Waals surface area contributed by atoms with Crippen molar-refractivity contribution in [2.24, 2.45) is 0 Å². The number of nitrogens with zero attached hydrogens (tertiary/aromatic N) is 1. The molecule has 0 bridgehead atoms. The van der Waals surface area contributed by atoms with Crippen molar-refractivity contribution in [3.05, 3.63) is 0 Å². The summed E-state index contributed by atoms with van der Waals surface area (Å²) in [6.07, 6.45) is 5.15. The summed E-state index contributed by atoms with van der Waals surface area (Å²) in [6.45, 7) is 5.51. The minimum atomic E-state index is -0.275. The lowest BCUT2D eigenvalue weighted by molar-refractivity contribution is -0.330. The van der Waals surface area contributed by atoms with Gasteiger partial charge in [0.05, 0.1) is 30.9 Å². The van der Waals surface area contributed by atoms with Crippen LogP contribution in [0.2, 0.25) is 0 Å². The molecule has 3 rings (SSSR count). The highest BCUT2D eigenvalue weighted by molar-refractivity contribution is 5.07. The second kappa shape index (κ2) is 9.08. The molecule has 3 fully saturated rings. The van der Waals surface area contributed by atoms with Gasteiger partial charge in [-0.05, 0) is 38.5 Å². The van der Waals surface area contributed by atoms with Crippen LogP contribution in [0.4, 0.5) is 0 Å². The van der Waals surface area contributed by atoms with Crippen LogP contribution >= 0.6 is 0 Å². The van der Waals surface area contributed by atoms with Crippen LogP contribution in [0.15, 0.2) is 0 Å². The summed E-state index contributed by atoms with van der Waals surface area (Å²) in [7, 11) is 1.68. The molecule has 0 aromatic carbocycles. The first-order valence-corrected chi connectivity index (χ1v) is 9.64. The summed E-state index contributed by atoms with van der Waals surface area (Å²) < 4.78 is 21.7. The lowest BCUT2D eigenvalue weighted by atomic mass is 9.69. The first-order valence-electron chi connectivity index (χ1n) is 9.64. The maximum atomic E-state index is 13.4. The van der Waals surface area contributed by atoms with Gasteiger partial charge in [-0.1, -0.05) is 0 Å².